The van der Waals surface area contributed by atoms with Gasteiger partial charge in [-0.25, -0.2) is 4.98 Å². The zero-order chi connectivity index (χ0) is 14.7. The van der Waals surface area contributed by atoms with E-state index in [9.17, 15) is 0 Å². The van der Waals surface area contributed by atoms with Gasteiger partial charge in [0.1, 0.15) is 5.82 Å². The Balaban J connectivity index is 1.98. The molecule has 1 aromatic heterocycles. The highest BCUT2D eigenvalue weighted by Crippen LogP contribution is 2.34. The van der Waals surface area contributed by atoms with Crippen molar-refractivity contribution < 1.29 is 0 Å². The third kappa shape index (κ3) is 2.93. The third-order valence-corrected chi connectivity index (χ3v) is 4.24. The van der Waals surface area contributed by atoms with Crippen LogP contribution in [0.4, 0.5) is 11.5 Å². The highest BCUT2D eigenvalue weighted by molar-refractivity contribution is 5.67. The molecule has 0 saturated heterocycles. The fourth-order valence-electron chi connectivity index (χ4n) is 3.01. The van der Waals surface area contributed by atoms with Crippen LogP contribution in [-0.2, 0) is 12.8 Å². The first kappa shape index (κ1) is 14.1. The molecule has 1 aliphatic heterocycles. The van der Waals surface area contributed by atoms with Crippen LogP contribution in [0.3, 0.4) is 0 Å². The third-order valence-electron chi connectivity index (χ3n) is 4.24. The molecule has 0 aliphatic carbocycles. The maximum absolute atomic E-state index is 6.15. The number of anilines is 2. The minimum Gasteiger partial charge on any atom is -0.327 e. The monoisotopic (exact) mass is 281 g/mol. The van der Waals surface area contributed by atoms with Crippen molar-refractivity contribution in [1.82, 2.24) is 4.98 Å². The quantitative estimate of drug-likeness (QED) is 0.933. The van der Waals surface area contributed by atoms with Crippen molar-refractivity contribution in [3.05, 3.63) is 53.7 Å². The first-order chi connectivity index (χ1) is 10.3. The van der Waals surface area contributed by atoms with Crippen LogP contribution in [0.1, 0.15) is 30.9 Å². The van der Waals surface area contributed by atoms with Crippen molar-refractivity contribution in [3.63, 3.8) is 0 Å². The SMILES string of the molecule is CCC(N)Cc1cccnc1N1CCCc2ccccc21. The minimum atomic E-state index is 0.202. The number of aromatic nitrogens is 1. The van der Waals surface area contributed by atoms with Crippen LogP contribution < -0.4 is 10.6 Å². The Morgan fingerprint density at radius 3 is 2.95 bits per heavy atom. The van der Waals surface area contributed by atoms with Crippen LogP contribution in [0.25, 0.3) is 0 Å². The summed E-state index contributed by atoms with van der Waals surface area (Å²) in [5.41, 5.74) is 10.1. The summed E-state index contributed by atoms with van der Waals surface area (Å²) >= 11 is 0. The number of rotatable bonds is 4. The van der Waals surface area contributed by atoms with E-state index in [0.29, 0.717) is 0 Å². The van der Waals surface area contributed by atoms with E-state index in [1.165, 1.54) is 23.2 Å². The topological polar surface area (TPSA) is 42.1 Å². The number of nitrogens with two attached hydrogens (primary N) is 1. The van der Waals surface area contributed by atoms with E-state index in [0.717, 1.165) is 31.6 Å². The highest BCUT2D eigenvalue weighted by atomic mass is 15.2. The number of hydrogen-bond acceptors (Lipinski definition) is 3. The molecule has 2 heterocycles. The second-order valence-electron chi connectivity index (χ2n) is 5.74. The predicted molar refractivity (Wildman–Crippen MR) is 88.0 cm³/mol. The Bertz CT molecular complexity index is 609. The smallest absolute Gasteiger partial charge is 0.136 e. The van der Waals surface area contributed by atoms with Crippen LogP contribution >= 0.6 is 0 Å². The molecule has 3 heteroatoms. The highest BCUT2D eigenvalue weighted by Gasteiger charge is 2.21. The summed E-state index contributed by atoms with van der Waals surface area (Å²) in [7, 11) is 0. The molecule has 3 rings (SSSR count). The molecular weight excluding hydrogens is 258 g/mol. The summed E-state index contributed by atoms with van der Waals surface area (Å²) in [6, 6.07) is 13.0. The van der Waals surface area contributed by atoms with Gasteiger partial charge < -0.3 is 10.6 Å². The van der Waals surface area contributed by atoms with Crippen LogP contribution in [0.5, 0.6) is 0 Å². The molecule has 110 valence electrons. The number of para-hydroxylation sites is 1. The summed E-state index contributed by atoms with van der Waals surface area (Å²) in [5.74, 6) is 1.08. The van der Waals surface area contributed by atoms with E-state index in [1.54, 1.807) is 0 Å². The molecule has 0 fully saturated rings. The lowest BCUT2D eigenvalue weighted by molar-refractivity contribution is 0.642. The Kier molecular flexibility index (Phi) is 4.20. The summed E-state index contributed by atoms with van der Waals surface area (Å²) in [4.78, 5) is 7.02. The predicted octanol–water partition coefficient (Wildman–Crippen LogP) is 3.45. The molecule has 2 N–H and O–H groups in total. The summed E-state index contributed by atoms with van der Waals surface area (Å²) < 4.78 is 0. The Morgan fingerprint density at radius 2 is 2.10 bits per heavy atom. The van der Waals surface area contributed by atoms with Gasteiger partial charge in [-0.2, -0.15) is 0 Å². The number of hydrogen-bond donors (Lipinski definition) is 1. The molecule has 1 atom stereocenters. The molecule has 21 heavy (non-hydrogen) atoms. The van der Waals surface area contributed by atoms with Gasteiger partial charge >= 0.3 is 0 Å². The fraction of sp³-hybridized carbons (Fsp3) is 0.389. The molecule has 3 nitrogen and oxygen atoms in total. The number of aryl methyl sites for hydroxylation is 1. The second kappa shape index (κ2) is 6.27. The van der Waals surface area contributed by atoms with E-state index in [1.807, 2.05) is 12.3 Å². The average molecular weight is 281 g/mol. The van der Waals surface area contributed by atoms with Gasteiger partial charge in [-0.3, -0.25) is 0 Å². The van der Waals surface area contributed by atoms with E-state index in [-0.39, 0.29) is 6.04 Å². The van der Waals surface area contributed by atoms with Gasteiger partial charge in [0.05, 0.1) is 0 Å². The minimum absolute atomic E-state index is 0.202. The number of pyridine rings is 1. The van der Waals surface area contributed by atoms with Crippen molar-refractivity contribution in [2.24, 2.45) is 5.73 Å². The number of fused-ring (bicyclic) bond motifs is 1. The van der Waals surface area contributed by atoms with E-state index in [2.05, 4.69) is 47.1 Å². The van der Waals surface area contributed by atoms with Crippen molar-refractivity contribution in [2.45, 2.75) is 38.6 Å². The Labute approximate surface area is 126 Å². The molecule has 0 radical (unpaired) electrons. The molecule has 1 aliphatic rings. The zero-order valence-corrected chi connectivity index (χ0v) is 12.6. The second-order valence-corrected chi connectivity index (χ2v) is 5.74. The van der Waals surface area contributed by atoms with Gasteiger partial charge in [-0.1, -0.05) is 31.2 Å². The zero-order valence-electron chi connectivity index (χ0n) is 12.6. The van der Waals surface area contributed by atoms with Gasteiger partial charge in [-0.05, 0) is 48.9 Å². The van der Waals surface area contributed by atoms with Crippen molar-refractivity contribution >= 4 is 11.5 Å². The van der Waals surface area contributed by atoms with E-state index < -0.39 is 0 Å². The van der Waals surface area contributed by atoms with Gasteiger partial charge in [0.2, 0.25) is 0 Å². The first-order valence-electron chi connectivity index (χ1n) is 7.84. The summed E-state index contributed by atoms with van der Waals surface area (Å²) in [5, 5.41) is 0. The molecule has 0 bridgehead atoms. The lowest BCUT2D eigenvalue weighted by Gasteiger charge is -2.32. The average Bonchev–Trinajstić information content (AvgIpc) is 2.55. The standard InChI is InChI=1S/C18H23N3/c1-2-16(19)13-15-8-5-11-20-18(15)21-12-6-9-14-7-3-4-10-17(14)21/h3-5,7-8,10-11,16H,2,6,9,12-13,19H2,1H3. The van der Waals surface area contributed by atoms with Crippen molar-refractivity contribution in [3.8, 4) is 0 Å². The summed E-state index contributed by atoms with van der Waals surface area (Å²) in [6.45, 7) is 3.17. The molecule has 1 aromatic carbocycles. The van der Waals surface area contributed by atoms with Crippen LogP contribution in [-0.4, -0.2) is 17.6 Å². The van der Waals surface area contributed by atoms with Gasteiger partial charge in [0.25, 0.3) is 0 Å². The molecule has 1 unspecified atom stereocenters. The maximum atomic E-state index is 6.15. The Morgan fingerprint density at radius 1 is 1.24 bits per heavy atom. The van der Waals surface area contributed by atoms with Crippen LogP contribution in [0.15, 0.2) is 42.6 Å². The van der Waals surface area contributed by atoms with Crippen LogP contribution in [0.2, 0.25) is 0 Å². The molecule has 0 spiro atoms. The maximum Gasteiger partial charge on any atom is 0.136 e. The molecule has 2 aromatic rings. The van der Waals surface area contributed by atoms with Crippen LogP contribution in [0, 0.1) is 0 Å². The number of nitrogens with zero attached hydrogens (tertiary/aromatic N) is 2. The largest absolute Gasteiger partial charge is 0.327 e. The molecule has 0 amide bonds. The molecular formula is C18H23N3. The lowest BCUT2D eigenvalue weighted by atomic mass is 10.00. The fourth-order valence-corrected chi connectivity index (χ4v) is 3.01. The van der Waals surface area contributed by atoms with Gasteiger partial charge in [0, 0.05) is 24.5 Å². The van der Waals surface area contributed by atoms with E-state index >= 15 is 0 Å². The van der Waals surface area contributed by atoms with Gasteiger partial charge in [0.15, 0.2) is 0 Å². The van der Waals surface area contributed by atoms with Crippen molar-refractivity contribution in [2.75, 3.05) is 11.4 Å². The normalized spacial score (nSPS) is 15.6. The number of benzene rings is 1. The van der Waals surface area contributed by atoms with Gasteiger partial charge in [-0.15, -0.1) is 0 Å². The Hall–Kier alpha value is -1.87. The van der Waals surface area contributed by atoms with Crippen molar-refractivity contribution in [1.29, 1.82) is 0 Å². The summed E-state index contributed by atoms with van der Waals surface area (Å²) in [6.07, 6.45) is 6.09. The molecule has 0 saturated carbocycles. The lowest BCUT2D eigenvalue weighted by Crippen LogP contribution is -2.28. The van der Waals surface area contributed by atoms with E-state index in [4.69, 9.17) is 5.73 Å². The first-order valence-corrected chi connectivity index (χ1v) is 7.84.